The third-order valence-electron chi connectivity index (χ3n) is 6.49. The zero-order valence-electron chi connectivity index (χ0n) is 22.8. The first-order chi connectivity index (χ1) is 20.2. The van der Waals surface area contributed by atoms with Crippen LogP contribution in [0.2, 0.25) is 5.02 Å². The Balaban J connectivity index is 1.61. The molecule has 1 aromatic heterocycles. The molecule has 1 atom stereocenters. The van der Waals surface area contributed by atoms with Crippen LogP contribution in [0.5, 0.6) is 0 Å². The van der Waals surface area contributed by atoms with E-state index in [9.17, 15) is 23.6 Å². The number of aromatic nitrogens is 4. The molecule has 0 fully saturated rings. The Morgan fingerprint density at radius 3 is 2.50 bits per heavy atom. The second-order valence-electron chi connectivity index (χ2n) is 9.42. The summed E-state index contributed by atoms with van der Waals surface area (Å²) in [4.78, 5) is 53.2. The lowest BCUT2D eigenvalue weighted by molar-refractivity contribution is -0.124. The van der Waals surface area contributed by atoms with Gasteiger partial charge in [-0.05, 0) is 72.8 Å². The van der Waals surface area contributed by atoms with Gasteiger partial charge in [0.15, 0.2) is 5.78 Å². The number of hydrogen-bond donors (Lipinski definition) is 1. The number of rotatable bonds is 12. The number of tetrazole rings is 1. The average Bonchev–Trinajstić information content (AvgIpc) is 3.49. The fraction of sp³-hybridized carbons (Fsp3) is 0.207. The first-order valence-corrected chi connectivity index (χ1v) is 13.2. The molecular formula is C29H27ClFN7O4. The Morgan fingerprint density at radius 2 is 1.86 bits per heavy atom. The van der Waals surface area contributed by atoms with Crippen LogP contribution in [0.25, 0.3) is 5.69 Å². The molecule has 11 nitrogen and oxygen atoms in total. The standard InChI is InChI=1S/C29H27ClFN7O4/c1-19(40)23-10-9-22(16-24(23)31)33-29(42)27(14-20-6-4-3-5-7-20)36(2)17-28(41)37(12-13-39)26-15-21(30)8-11-25(26)38-18-32-34-35-38/h3-11,13,15-16,18,27H,12,14,17H2,1-2H3,(H,33,42). The second-order valence-corrected chi connectivity index (χ2v) is 9.86. The molecule has 0 spiro atoms. The zero-order chi connectivity index (χ0) is 30.2. The van der Waals surface area contributed by atoms with Crippen molar-refractivity contribution in [3.05, 3.63) is 95.0 Å². The first-order valence-electron chi connectivity index (χ1n) is 12.8. The van der Waals surface area contributed by atoms with Gasteiger partial charge in [-0.3, -0.25) is 19.3 Å². The quantitative estimate of drug-likeness (QED) is 0.196. The molecule has 2 amide bonds. The molecule has 3 aromatic carbocycles. The highest BCUT2D eigenvalue weighted by atomic mass is 35.5. The molecule has 4 aromatic rings. The first kappa shape index (κ1) is 30.2. The van der Waals surface area contributed by atoms with Crippen molar-refractivity contribution in [2.24, 2.45) is 0 Å². The molecule has 216 valence electrons. The molecule has 1 unspecified atom stereocenters. The lowest BCUT2D eigenvalue weighted by Crippen LogP contribution is -2.49. The summed E-state index contributed by atoms with van der Waals surface area (Å²) in [5.41, 5.74) is 1.61. The molecule has 0 aliphatic rings. The van der Waals surface area contributed by atoms with Gasteiger partial charge in [-0.1, -0.05) is 41.9 Å². The number of ketones is 1. The molecule has 0 saturated heterocycles. The summed E-state index contributed by atoms with van der Waals surface area (Å²) in [7, 11) is 1.60. The van der Waals surface area contributed by atoms with Gasteiger partial charge < -0.3 is 15.0 Å². The number of benzene rings is 3. The van der Waals surface area contributed by atoms with E-state index >= 15 is 0 Å². The largest absolute Gasteiger partial charge is 0.325 e. The van der Waals surface area contributed by atoms with Crippen LogP contribution < -0.4 is 10.2 Å². The zero-order valence-corrected chi connectivity index (χ0v) is 23.5. The Labute approximate surface area is 245 Å². The minimum absolute atomic E-state index is 0.0890. The van der Waals surface area contributed by atoms with E-state index in [1.807, 2.05) is 30.3 Å². The van der Waals surface area contributed by atoms with Gasteiger partial charge in [-0.25, -0.2) is 4.39 Å². The van der Waals surface area contributed by atoms with Crippen LogP contribution in [0, 0.1) is 5.82 Å². The van der Waals surface area contributed by atoms with Crippen molar-refractivity contribution in [2.45, 2.75) is 19.4 Å². The highest BCUT2D eigenvalue weighted by Crippen LogP contribution is 2.28. The van der Waals surface area contributed by atoms with Crippen molar-refractivity contribution in [3.63, 3.8) is 0 Å². The number of nitrogens with one attached hydrogen (secondary N) is 1. The Kier molecular flexibility index (Phi) is 9.84. The van der Waals surface area contributed by atoms with Crippen molar-refractivity contribution >= 4 is 46.9 Å². The van der Waals surface area contributed by atoms with Crippen molar-refractivity contribution in [2.75, 3.05) is 30.4 Å². The molecule has 0 aliphatic heterocycles. The van der Waals surface area contributed by atoms with Gasteiger partial charge in [0.2, 0.25) is 11.8 Å². The normalized spacial score (nSPS) is 11.6. The van der Waals surface area contributed by atoms with Crippen LogP contribution in [-0.2, 0) is 20.8 Å². The smallest absolute Gasteiger partial charge is 0.242 e. The molecule has 42 heavy (non-hydrogen) atoms. The highest BCUT2D eigenvalue weighted by molar-refractivity contribution is 6.31. The van der Waals surface area contributed by atoms with Crippen LogP contribution >= 0.6 is 11.6 Å². The molecular weight excluding hydrogens is 565 g/mol. The van der Waals surface area contributed by atoms with Crippen LogP contribution in [0.4, 0.5) is 15.8 Å². The van der Waals surface area contributed by atoms with E-state index in [-0.39, 0.29) is 30.8 Å². The SMILES string of the molecule is CC(=O)c1ccc(NC(=O)C(Cc2ccccc2)N(C)CC(=O)N(CC=O)c2cc(Cl)ccc2-n2cnnn2)cc1F. The number of halogens is 2. The average molecular weight is 592 g/mol. The van der Waals surface area contributed by atoms with E-state index in [0.29, 0.717) is 22.7 Å². The van der Waals surface area contributed by atoms with Gasteiger partial charge in [-0.15, -0.1) is 5.10 Å². The summed E-state index contributed by atoms with van der Waals surface area (Å²) < 4.78 is 15.8. The lowest BCUT2D eigenvalue weighted by Gasteiger charge is -2.30. The number of Topliss-reactive ketones (excluding diaryl/α,β-unsaturated/α-hetero) is 1. The van der Waals surface area contributed by atoms with E-state index in [1.165, 1.54) is 41.0 Å². The number of anilines is 2. The van der Waals surface area contributed by atoms with Gasteiger partial charge in [0.05, 0.1) is 36.1 Å². The summed E-state index contributed by atoms with van der Waals surface area (Å²) in [5.74, 6) is -2.19. The molecule has 0 aliphatic carbocycles. The fourth-order valence-corrected chi connectivity index (χ4v) is 4.55. The monoisotopic (exact) mass is 591 g/mol. The maximum atomic E-state index is 14.4. The molecule has 1 heterocycles. The molecule has 0 saturated carbocycles. The number of amides is 2. The Morgan fingerprint density at radius 1 is 1.10 bits per heavy atom. The number of likely N-dealkylation sites (N-methyl/N-ethyl adjacent to an activating group) is 1. The minimum atomic E-state index is -0.872. The topological polar surface area (TPSA) is 130 Å². The van der Waals surface area contributed by atoms with E-state index in [2.05, 4.69) is 20.8 Å². The fourth-order valence-electron chi connectivity index (χ4n) is 4.39. The minimum Gasteiger partial charge on any atom is -0.325 e. The molecule has 13 heteroatoms. The summed E-state index contributed by atoms with van der Waals surface area (Å²) in [6.07, 6.45) is 2.15. The summed E-state index contributed by atoms with van der Waals surface area (Å²) in [6, 6.07) is 16.9. The van der Waals surface area contributed by atoms with E-state index < -0.39 is 29.5 Å². The van der Waals surface area contributed by atoms with Crippen LogP contribution in [0.3, 0.4) is 0 Å². The van der Waals surface area contributed by atoms with E-state index in [4.69, 9.17) is 11.6 Å². The third-order valence-corrected chi connectivity index (χ3v) is 6.72. The van der Waals surface area contributed by atoms with Crippen LogP contribution in [0.1, 0.15) is 22.8 Å². The number of carbonyl (C=O) groups excluding carboxylic acids is 4. The van der Waals surface area contributed by atoms with E-state index in [0.717, 1.165) is 11.6 Å². The summed E-state index contributed by atoms with van der Waals surface area (Å²) in [6.45, 7) is 0.693. The van der Waals surface area contributed by atoms with Crippen LogP contribution in [0.15, 0.2) is 73.1 Å². The lowest BCUT2D eigenvalue weighted by atomic mass is 10.0. The maximum Gasteiger partial charge on any atom is 0.242 e. The predicted octanol–water partition coefficient (Wildman–Crippen LogP) is 3.37. The maximum absolute atomic E-state index is 14.4. The Hall–Kier alpha value is -4.81. The Bertz CT molecular complexity index is 1580. The second kappa shape index (κ2) is 13.7. The third kappa shape index (κ3) is 7.28. The van der Waals surface area contributed by atoms with E-state index in [1.54, 1.807) is 24.1 Å². The van der Waals surface area contributed by atoms with Crippen molar-refractivity contribution in [1.29, 1.82) is 0 Å². The van der Waals surface area contributed by atoms with Crippen molar-refractivity contribution in [3.8, 4) is 5.69 Å². The predicted molar refractivity (Wildman–Crippen MR) is 154 cm³/mol. The molecule has 4 rings (SSSR count). The van der Waals surface area contributed by atoms with Gasteiger partial charge in [-0.2, -0.15) is 4.68 Å². The summed E-state index contributed by atoms with van der Waals surface area (Å²) in [5, 5.41) is 14.1. The number of aldehydes is 1. The molecule has 0 bridgehead atoms. The van der Waals surface area contributed by atoms with Crippen molar-refractivity contribution < 1.29 is 23.6 Å². The van der Waals surface area contributed by atoms with Gasteiger partial charge in [0.25, 0.3) is 0 Å². The highest BCUT2D eigenvalue weighted by Gasteiger charge is 2.29. The van der Waals surface area contributed by atoms with Crippen molar-refractivity contribution in [1.82, 2.24) is 25.1 Å². The van der Waals surface area contributed by atoms with Gasteiger partial charge >= 0.3 is 0 Å². The van der Waals surface area contributed by atoms with Gasteiger partial charge in [0.1, 0.15) is 18.4 Å². The summed E-state index contributed by atoms with van der Waals surface area (Å²) >= 11 is 6.23. The van der Waals surface area contributed by atoms with Crippen LogP contribution in [-0.4, -0.2) is 75.2 Å². The number of carbonyl (C=O) groups is 4. The number of hydrogen-bond acceptors (Lipinski definition) is 8. The number of nitrogens with zero attached hydrogens (tertiary/aromatic N) is 6. The molecule has 0 radical (unpaired) electrons. The molecule has 1 N–H and O–H groups in total. The van der Waals surface area contributed by atoms with Gasteiger partial charge in [0, 0.05) is 10.7 Å².